The Kier molecular flexibility index (Phi) is 6.03. The summed E-state index contributed by atoms with van der Waals surface area (Å²) in [6, 6.07) is 6.47. The first kappa shape index (κ1) is 25.8. The lowest BCUT2D eigenvalue weighted by molar-refractivity contribution is -0.160. The number of nitrogens with zero attached hydrogens (tertiary/aromatic N) is 3. The van der Waals surface area contributed by atoms with Crippen molar-refractivity contribution >= 4 is 23.0 Å². The Hall–Kier alpha value is -3.84. The number of aromatic nitrogens is 3. The minimum absolute atomic E-state index is 0.0467. The van der Waals surface area contributed by atoms with Crippen LogP contribution in [0.5, 0.6) is 0 Å². The summed E-state index contributed by atoms with van der Waals surface area (Å²) < 4.78 is 80.4. The second-order valence-corrected chi connectivity index (χ2v) is 9.92. The quantitative estimate of drug-likeness (QED) is 0.413. The van der Waals surface area contributed by atoms with E-state index in [1.54, 1.807) is 18.2 Å². The molecular formula is C24H21F6N5O3. The highest BCUT2D eigenvalue weighted by atomic mass is 19.4. The molecule has 1 saturated heterocycles. The maximum atomic E-state index is 13.4. The van der Waals surface area contributed by atoms with E-state index in [0.29, 0.717) is 35.2 Å². The number of likely N-dealkylation sites (tertiary alicyclic amines) is 1. The van der Waals surface area contributed by atoms with Crippen molar-refractivity contribution in [1.82, 2.24) is 25.6 Å². The van der Waals surface area contributed by atoms with Gasteiger partial charge in [0.1, 0.15) is 11.0 Å². The maximum Gasteiger partial charge on any atom is 0.416 e. The fraction of sp³-hybridized carbons (Fsp3) is 0.417. The molecule has 3 aromatic rings. The number of H-pyrrole nitrogens is 1. The van der Waals surface area contributed by atoms with Crippen LogP contribution in [-0.2, 0) is 30.1 Å². The number of rotatable bonds is 5. The maximum absolute atomic E-state index is 13.4. The number of carbonyl (C=O) groups excluding carboxylic acids is 1. The molecule has 2 heterocycles. The highest BCUT2D eigenvalue weighted by Gasteiger charge is 2.61. The van der Waals surface area contributed by atoms with Gasteiger partial charge in [0.2, 0.25) is 5.91 Å². The Bertz CT molecular complexity index is 1370. The van der Waals surface area contributed by atoms with Gasteiger partial charge >= 0.3 is 18.4 Å². The Morgan fingerprint density at radius 1 is 1.00 bits per heavy atom. The lowest BCUT2D eigenvalue weighted by Crippen LogP contribution is -2.68. The monoisotopic (exact) mass is 541 g/mol. The molecule has 14 heteroatoms. The molecule has 5 rings (SSSR count). The number of nitrogens with one attached hydrogen (secondary N) is 2. The van der Waals surface area contributed by atoms with E-state index in [1.165, 1.54) is 0 Å². The van der Waals surface area contributed by atoms with Gasteiger partial charge < -0.3 is 15.3 Å². The van der Waals surface area contributed by atoms with E-state index in [2.05, 4.69) is 20.7 Å². The van der Waals surface area contributed by atoms with Crippen LogP contribution in [0.25, 0.3) is 11.0 Å². The van der Waals surface area contributed by atoms with Gasteiger partial charge in [-0.3, -0.25) is 4.79 Å². The summed E-state index contributed by atoms with van der Waals surface area (Å²) in [6.07, 6.45) is -11.3. The summed E-state index contributed by atoms with van der Waals surface area (Å²) in [4.78, 5) is 26.0. The predicted octanol–water partition coefficient (Wildman–Crippen LogP) is 4.47. The zero-order valence-electron chi connectivity index (χ0n) is 19.5. The molecular weight excluding hydrogens is 520 g/mol. The third-order valence-corrected chi connectivity index (χ3v) is 7.36. The topological polar surface area (TPSA) is 111 Å². The van der Waals surface area contributed by atoms with Gasteiger partial charge in [0, 0.05) is 25.0 Å². The summed E-state index contributed by atoms with van der Waals surface area (Å²) in [5, 5.41) is 22.7. The molecule has 0 unspecified atom stereocenters. The predicted molar refractivity (Wildman–Crippen MR) is 120 cm³/mol. The van der Waals surface area contributed by atoms with Crippen LogP contribution in [0.3, 0.4) is 0 Å². The summed E-state index contributed by atoms with van der Waals surface area (Å²) >= 11 is 0. The smallest absolute Gasteiger partial charge is 0.416 e. The number of carbonyl (C=O) groups is 2. The van der Waals surface area contributed by atoms with Crippen molar-refractivity contribution in [3.63, 3.8) is 0 Å². The Morgan fingerprint density at radius 3 is 2.29 bits per heavy atom. The average Bonchev–Trinajstić information content (AvgIpc) is 3.29. The van der Waals surface area contributed by atoms with Gasteiger partial charge in [-0.1, -0.05) is 6.07 Å². The second-order valence-electron chi connectivity index (χ2n) is 9.92. The SMILES string of the molecule is O=C(NCc1ccc2n[nH]nc2c1)[C@H]1[C@H]2CN(C(=O)O)C[C@@]1(Cc1cc(C(F)(F)F)cc(C(F)(F)F)c1)C2. The van der Waals surface area contributed by atoms with Gasteiger partial charge in [0.15, 0.2) is 0 Å². The highest BCUT2D eigenvalue weighted by Crippen LogP contribution is 2.57. The number of fused-ring (bicyclic) bond motifs is 3. The molecule has 202 valence electrons. The molecule has 1 aliphatic heterocycles. The fourth-order valence-electron chi connectivity index (χ4n) is 5.87. The third-order valence-electron chi connectivity index (χ3n) is 7.36. The van der Waals surface area contributed by atoms with Gasteiger partial charge in [-0.2, -0.15) is 41.8 Å². The molecule has 8 nitrogen and oxygen atoms in total. The standard InChI is InChI=1S/C24H21F6N5O3/c25-23(26,27)15-3-13(4-16(6-15)24(28,29)30)7-22-8-14(10-35(11-22)21(37)38)19(22)20(36)31-9-12-1-2-17-18(5-12)33-34-32-17/h1-6,14,19H,7-11H2,(H,31,36)(H,37,38)(H,32,33,34)/t14-,19-,22-/m1/s1. The minimum Gasteiger partial charge on any atom is -0.465 e. The van der Waals surface area contributed by atoms with Crippen molar-refractivity contribution in [1.29, 1.82) is 0 Å². The molecule has 2 aromatic carbocycles. The number of carboxylic acid groups (broad SMARTS) is 1. The van der Waals surface area contributed by atoms with Crippen molar-refractivity contribution in [3.05, 3.63) is 58.7 Å². The molecule has 1 saturated carbocycles. The van der Waals surface area contributed by atoms with E-state index in [-0.39, 0.29) is 37.7 Å². The molecule has 2 amide bonds. The van der Waals surface area contributed by atoms with E-state index in [1.807, 2.05) is 0 Å². The zero-order valence-corrected chi connectivity index (χ0v) is 19.5. The molecule has 3 atom stereocenters. The van der Waals surface area contributed by atoms with Crippen LogP contribution < -0.4 is 5.32 Å². The van der Waals surface area contributed by atoms with Crippen molar-refractivity contribution in [2.45, 2.75) is 31.7 Å². The fourth-order valence-corrected chi connectivity index (χ4v) is 5.87. The van der Waals surface area contributed by atoms with Crippen molar-refractivity contribution in [2.75, 3.05) is 13.1 Å². The van der Waals surface area contributed by atoms with Crippen LogP contribution in [0.1, 0.15) is 28.7 Å². The number of piperidine rings is 2. The number of aromatic amines is 1. The van der Waals surface area contributed by atoms with Crippen LogP contribution in [-0.4, -0.2) is 50.5 Å². The van der Waals surface area contributed by atoms with Crippen molar-refractivity contribution in [2.24, 2.45) is 17.3 Å². The first-order valence-electron chi connectivity index (χ1n) is 11.6. The summed E-state index contributed by atoms with van der Waals surface area (Å²) in [5.41, 5.74) is -2.40. The third kappa shape index (κ3) is 4.74. The number of amides is 2. The summed E-state index contributed by atoms with van der Waals surface area (Å²) in [6.45, 7) is -0.0266. The lowest BCUT2D eigenvalue weighted by Gasteiger charge is -2.61. The van der Waals surface area contributed by atoms with Gasteiger partial charge in [0.05, 0.1) is 17.0 Å². The molecule has 2 bridgehead atoms. The van der Waals surface area contributed by atoms with E-state index in [4.69, 9.17) is 0 Å². The molecule has 1 aromatic heterocycles. The molecule has 2 aliphatic rings. The number of hydrogen-bond donors (Lipinski definition) is 3. The van der Waals surface area contributed by atoms with E-state index in [9.17, 15) is 41.0 Å². The normalized spacial score (nSPS) is 23.3. The van der Waals surface area contributed by atoms with Crippen LogP contribution in [0, 0.1) is 17.3 Å². The largest absolute Gasteiger partial charge is 0.465 e. The minimum atomic E-state index is -5.02. The second kappa shape index (κ2) is 8.88. The van der Waals surface area contributed by atoms with E-state index in [0.717, 1.165) is 4.90 Å². The van der Waals surface area contributed by atoms with Crippen LogP contribution in [0.2, 0.25) is 0 Å². The molecule has 2 fully saturated rings. The molecule has 38 heavy (non-hydrogen) atoms. The van der Waals surface area contributed by atoms with Crippen LogP contribution in [0.15, 0.2) is 36.4 Å². The number of benzene rings is 2. The van der Waals surface area contributed by atoms with Crippen molar-refractivity contribution < 1.29 is 41.0 Å². The van der Waals surface area contributed by atoms with E-state index >= 15 is 0 Å². The first-order chi connectivity index (χ1) is 17.7. The average molecular weight is 541 g/mol. The Morgan fingerprint density at radius 2 is 1.66 bits per heavy atom. The van der Waals surface area contributed by atoms with Crippen LogP contribution in [0.4, 0.5) is 31.1 Å². The highest BCUT2D eigenvalue weighted by molar-refractivity contribution is 5.82. The molecule has 0 radical (unpaired) electrons. The van der Waals surface area contributed by atoms with Gasteiger partial charge in [-0.25, -0.2) is 4.79 Å². The Labute approximate surface area is 211 Å². The van der Waals surface area contributed by atoms with E-state index < -0.39 is 52.7 Å². The Balaban J connectivity index is 1.42. The lowest BCUT2D eigenvalue weighted by atomic mass is 9.48. The number of halogens is 6. The van der Waals surface area contributed by atoms with Crippen LogP contribution >= 0.6 is 0 Å². The van der Waals surface area contributed by atoms with Crippen molar-refractivity contribution in [3.8, 4) is 0 Å². The summed E-state index contributed by atoms with van der Waals surface area (Å²) in [5.74, 6) is -1.63. The van der Waals surface area contributed by atoms with Gasteiger partial charge in [0.25, 0.3) is 0 Å². The van der Waals surface area contributed by atoms with Gasteiger partial charge in [-0.15, -0.1) is 0 Å². The number of hydrogen-bond acceptors (Lipinski definition) is 4. The molecule has 3 N–H and O–H groups in total. The molecule has 0 spiro atoms. The zero-order chi connectivity index (χ0) is 27.5. The molecule has 1 aliphatic carbocycles. The summed E-state index contributed by atoms with van der Waals surface area (Å²) in [7, 11) is 0. The number of alkyl halides is 6. The van der Waals surface area contributed by atoms with Gasteiger partial charge in [-0.05, 0) is 60.2 Å². The first-order valence-corrected chi connectivity index (χ1v) is 11.6.